The molecule has 0 bridgehead atoms. The summed E-state index contributed by atoms with van der Waals surface area (Å²) >= 11 is 0. The number of aromatic nitrogens is 2. The summed E-state index contributed by atoms with van der Waals surface area (Å²) in [6.07, 6.45) is 2.89. The number of pyridine rings is 1. The van der Waals surface area contributed by atoms with E-state index >= 15 is 0 Å². The highest BCUT2D eigenvalue weighted by Crippen LogP contribution is 2.35. The van der Waals surface area contributed by atoms with E-state index in [0.29, 0.717) is 5.56 Å². The largest absolute Gasteiger partial charge is 0.461 e. The number of carbonyl (C=O) groups is 1. The van der Waals surface area contributed by atoms with Crippen molar-refractivity contribution in [2.24, 2.45) is 0 Å². The van der Waals surface area contributed by atoms with Crippen molar-refractivity contribution < 1.29 is 14.5 Å². The molecule has 2 heterocycles. The van der Waals surface area contributed by atoms with Crippen LogP contribution in [0.4, 0.5) is 5.69 Å². The Balaban J connectivity index is 2.27. The van der Waals surface area contributed by atoms with Crippen LogP contribution in [0, 0.1) is 17.0 Å². The molecule has 24 heavy (non-hydrogen) atoms. The molecule has 0 radical (unpaired) electrons. The topological polar surface area (TPSA) is 86.7 Å². The van der Waals surface area contributed by atoms with Gasteiger partial charge < -0.3 is 4.74 Å². The number of benzene rings is 1. The standard InChI is InChI=1S/C17H15N3O4/c1-3-24-17(21)14-10-18-16-15(20(22)23)13(8-9-19(14)16)12-7-5-4-6-11(12)2/h4-10H,3H2,1-2H3. The van der Waals surface area contributed by atoms with Crippen molar-refractivity contribution in [2.75, 3.05) is 6.61 Å². The van der Waals surface area contributed by atoms with Crippen LogP contribution in [0.25, 0.3) is 16.8 Å². The highest BCUT2D eigenvalue weighted by Gasteiger charge is 2.25. The first kappa shape index (κ1) is 15.7. The molecule has 0 atom stereocenters. The third kappa shape index (κ3) is 2.50. The molecular weight excluding hydrogens is 310 g/mol. The van der Waals surface area contributed by atoms with E-state index in [1.165, 1.54) is 10.6 Å². The fourth-order valence-corrected chi connectivity index (χ4v) is 2.66. The summed E-state index contributed by atoms with van der Waals surface area (Å²) in [5.74, 6) is -0.567. The lowest BCUT2D eigenvalue weighted by molar-refractivity contribution is -0.382. The zero-order valence-electron chi connectivity index (χ0n) is 13.2. The van der Waals surface area contributed by atoms with Crippen molar-refractivity contribution >= 4 is 17.3 Å². The van der Waals surface area contributed by atoms with Crippen molar-refractivity contribution in [1.29, 1.82) is 0 Å². The summed E-state index contributed by atoms with van der Waals surface area (Å²) in [4.78, 5) is 27.2. The van der Waals surface area contributed by atoms with Gasteiger partial charge in [0.05, 0.1) is 23.3 Å². The van der Waals surface area contributed by atoms with Gasteiger partial charge in [0.2, 0.25) is 5.65 Å². The maximum atomic E-state index is 12.0. The van der Waals surface area contributed by atoms with Gasteiger partial charge in [0.1, 0.15) is 0 Å². The van der Waals surface area contributed by atoms with Crippen molar-refractivity contribution in [1.82, 2.24) is 9.38 Å². The third-order valence-corrected chi connectivity index (χ3v) is 3.76. The number of carbonyl (C=O) groups excluding carboxylic acids is 1. The van der Waals surface area contributed by atoms with Crippen LogP contribution in [0.5, 0.6) is 0 Å². The molecule has 0 N–H and O–H groups in total. The molecule has 122 valence electrons. The zero-order valence-corrected chi connectivity index (χ0v) is 13.2. The second kappa shape index (κ2) is 6.11. The molecule has 3 rings (SSSR count). The minimum Gasteiger partial charge on any atom is -0.461 e. The fraction of sp³-hybridized carbons (Fsp3) is 0.176. The first-order valence-electron chi connectivity index (χ1n) is 7.42. The predicted molar refractivity (Wildman–Crippen MR) is 88.0 cm³/mol. The van der Waals surface area contributed by atoms with Gasteiger partial charge in [-0.15, -0.1) is 0 Å². The van der Waals surface area contributed by atoms with Crippen molar-refractivity contribution in [2.45, 2.75) is 13.8 Å². The minimum atomic E-state index is -0.567. The Morgan fingerprint density at radius 2 is 2.04 bits per heavy atom. The molecule has 7 heteroatoms. The minimum absolute atomic E-state index is 0.115. The SMILES string of the molecule is CCOC(=O)c1cnc2c([N+](=O)[O-])c(-c3ccccc3C)ccn12. The van der Waals surface area contributed by atoms with E-state index in [2.05, 4.69) is 4.98 Å². The van der Waals surface area contributed by atoms with Crippen LogP contribution >= 0.6 is 0 Å². The number of nitro groups is 1. The Morgan fingerprint density at radius 1 is 1.29 bits per heavy atom. The van der Waals surface area contributed by atoms with Gasteiger partial charge in [-0.05, 0) is 31.0 Å². The average Bonchev–Trinajstić information content (AvgIpc) is 2.98. The smallest absolute Gasteiger partial charge is 0.356 e. The molecule has 0 amide bonds. The monoisotopic (exact) mass is 325 g/mol. The number of ether oxygens (including phenoxy) is 1. The fourth-order valence-electron chi connectivity index (χ4n) is 2.66. The number of hydrogen-bond acceptors (Lipinski definition) is 5. The Bertz CT molecular complexity index is 946. The number of nitrogens with zero attached hydrogens (tertiary/aromatic N) is 3. The Hall–Kier alpha value is -3.22. The zero-order chi connectivity index (χ0) is 17.3. The molecule has 0 aliphatic heterocycles. The number of aryl methyl sites for hydroxylation is 1. The normalized spacial score (nSPS) is 10.8. The van der Waals surface area contributed by atoms with E-state index in [4.69, 9.17) is 4.74 Å². The summed E-state index contributed by atoms with van der Waals surface area (Å²) in [6.45, 7) is 3.80. The van der Waals surface area contributed by atoms with Crippen LogP contribution in [-0.4, -0.2) is 26.9 Å². The highest BCUT2D eigenvalue weighted by atomic mass is 16.6. The van der Waals surface area contributed by atoms with Crippen molar-refractivity contribution in [3.05, 3.63) is 64.1 Å². The summed E-state index contributed by atoms with van der Waals surface area (Å²) in [6, 6.07) is 9.03. The lowest BCUT2D eigenvalue weighted by Crippen LogP contribution is -2.08. The van der Waals surface area contributed by atoms with Gasteiger partial charge in [0, 0.05) is 6.20 Å². The number of fused-ring (bicyclic) bond motifs is 1. The number of rotatable bonds is 4. The van der Waals surface area contributed by atoms with Crippen LogP contribution in [-0.2, 0) is 4.74 Å². The summed E-state index contributed by atoms with van der Waals surface area (Å²) < 4.78 is 6.35. The van der Waals surface area contributed by atoms with Crippen LogP contribution in [0.15, 0.2) is 42.7 Å². The van der Waals surface area contributed by atoms with Gasteiger partial charge in [-0.25, -0.2) is 9.78 Å². The van der Waals surface area contributed by atoms with E-state index in [0.717, 1.165) is 11.1 Å². The Labute approximate surface area is 137 Å². The number of hydrogen-bond donors (Lipinski definition) is 0. The number of imidazole rings is 1. The van der Waals surface area contributed by atoms with Gasteiger partial charge in [-0.3, -0.25) is 14.5 Å². The van der Waals surface area contributed by atoms with E-state index in [1.54, 1.807) is 19.2 Å². The van der Waals surface area contributed by atoms with Crippen LogP contribution in [0.1, 0.15) is 23.0 Å². The average molecular weight is 325 g/mol. The molecule has 0 saturated carbocycles. The van der Waals surface area contributed by atoms with Gasteiger partial charge in [-0.1, -0.05) is 24.3 Å². The van der Waals surface area contributed by atoms with Gasteiger partial charge >= 0.3 is 11.7 Å². The molecule has 0 fully saturated rings. The Morgan fingerprint density at radius 3 is 2.71 bits per heavy atom. The predicted octanol–water partition coefficient (Wildman–Crippen LogP) is 3.39. The second-order valence-electron chi connectivity index (χ2n) is 5.21. The van der Waals surface area contributed by atoms with Gasteiger partial charge in [-0.2, -0.15) is 0 Å². The second-order valence-corrected chi connectivity index (χ2v) is 5.21. The quantitative estimate of drug-likeness (QED) is 0.417. The van der Waals surface area contributed by atoms with Gasteiger partial charge in [0.15, 0.2) is 5.69 Å². The van der Waals surface area contributed by atoms with E-state index < -0.39 is 10.9 Å². The molecule has 0 saturated heterocycles. The van der Waals surface area contributed by atoms with Crippen LogP contribution < -0.4 is 0 Å². The summed E-state index contributed by atoms with van der Waals surface area (Å²) in [5, 5.41) is 11.7. The maximum Gasteiger partial charge on any atom is 0.356 e. The summed E-state index contributed by atoms with van der Waals surface area (Å²) in [5.41, 5.74) is 2.28. The number of esters is 1. The maximum absolute atomic E-state index is 12.0. The lowest BCUT2D eigenvalue weighted by atomic mass is 10.0. The third-order valence-electron chi connectivity index (χ3n) is 3.76. The first-order valence-corrected chi connectivity index (χ1v) is 7.42. The molecule has 0 aliphatic rings. The summed E-state index contributed by atoms with van der Waals surface area (Å²) in [7, 11) is 0. The van der Waals surface area contributed by atoms with Crippen LogP contribution in [0.3, 0.4) is 0 Å². The van der Waals surface area contributed by atoms with E-state index in [1.807, 2.05) is 31.2 Å². The van der Waals surface area contributed by atoms with Gasteiger partial charge in [0.25, 0.3) is 0 Å². The molecule has 0 spiro atoms. The molecule has 1 aromatic carbocycles. The molecule has 2 aromatic heterocycles. The van der Waals surface area contributed by atoms with Crippen LogP contribution in [0.2, 0.25) is 0 Å². The van der Waals surface area contributed by atoms with E-state index in [9.17, 15) is 14.9 Å². The molecule has 3 aromatic rings. The van der Waals surface area contributed by atoms with Crippen molar-refractivity contribution in [3.8, 4) is 11.1 Å². The highest BCUT2D eigenvalue weighted by molar-refractivity contribution is 5.91. The lowest BCUT2D eigenvalue weighted by Gasteiger charge is -2.08. The van der Waals surface area contributed by atoms with Crippen molar-refractivity contribution in [3.63, 3.8) is 0 Å². The first-order chi connectivity index (χ1) is 11.5. The molecule has 0 aliphatic carbocycles. The molecule has 7 nitrogen and oxygen atoms in total. The molecule has 0 unspecified atom stereocenters. The van der Waals surface area contributed by atoms with E-state index in [-0.39, 0.29) is 23.6 Å². The molecular formula is C17H15N3O4. The Kier molecular flexibility index (Phi) is 3.99.